The molecule has 0 spiro atoms. The summed E-state index contributed by atoms with van der Waals surface area (Å²) in [6, 6.07) is 0.258. The van der Waals surface area contributed by atoms with E-state index in [9.17, 15) is 4.79 Å². The van der Waals surface area contributed by atoms with Crippen molar-refractivity contribution in [3.8, 4) is 0 Å². The van der Waals surface area contributed by atoms with Gasteiger partial charge in [-0.1, -0.05) is 0 Å². The van der Waals surface area contributed by atoms with Crippen LogP contribution in [-0.4, -0.2) is 52.9 Å². The molecule has 98 valence electrons. The van der Waals surface area contributed by atoms with Crippen molar-refractivity contribution in [2.24, 2.45) is 5.73 Å². The van der Waals surface area contributed by atoms with Crippen molar-refractivity contribution in [3.05, 3.63) is 16.6 Å². The van der Waals surface area contributed by atoms with Gasteiger partial charge < -0.3 is 5.73 Å². The minimum Gasteiger partial charge on any atom is -0.368 e. The predicted octanol–water partition coefficient (Wildman–Crippen LogP) is 0.449. The normalized spacial score (nSPS) is 27.0. The van der Waals surface area contributed by atoms with Crippen molar-refractivity contribution in [3.63, 3.8) is 0 Å². The van der Waals surface area contributed by atoms with Gasteiger partial charge >= 0.3 is 0 Å². The first kappa shape index (κ1) is 12.1. The molecule has 1 aromatic heterocycles. The van der Waals surface area contributed by atoms with Gasteiger partial charge in [0.15, 0.2) is 0 Å². The highest BCUT2D eigenvalue weighted by atomic mass is 32.1. The molecule has 1 amide bonds. The summed E-state index contributed by atoms with van der Waals surface area (Å²) < 4.78 is 0. The first-order chi connectivity index (χ1) is 8.75. The number of carbonyl (C=O) groups excluding carboxylic acids is 1. The van der Waals surface area contributed by atoms with Crippen molar-refractivity contribution in [2.45, 2.75) is 24.9 Å². The van der Waals surface area contributed by atoms with Crippen LogP contribution in [0, 0.1) is 0 Å². The van der Waals surface area contributed by atoms with Crippen LogP contribution in [0.2, 0.25) is 0 Å². The molecule has 3 rings (SSSR count). The Morgan fingerprint density at radius 3 is 3.11 bits per heavy atom. The third-order valence-corrected chi connectivity index (χ3v) is 4.77. The van der Waals surface area contributed by atoms with Crippen LogP contribution in [0.25, 0.3) is 0 Å². The second-order valence-corrected chi connectivity index (χ2v) is 5.93. The highest BCUT2D eigenvalue weighted by Gasteiger charge is 2.36. The van der Waals surface area contributed by atoms with E-state index < -0.39 is 0 Å². The zero-order chi connectivity index (χ0) is 12.5. The van der Waals surface area contributed by atoms with E-state index in [1.807, 2.05) is 5.38 Å². The molecular weight excluding hydrogens is 248 g/mol. The Morgan fingerprint density at radius 2 is 2.39 bits per heavy atom. The molecule has 3 heterocycles. The fraction of sp³-hybridized carbons (Fsp3) is 0.667. The molecule has 0 bridgehead atoms. The number of nitrogens with two attached hydrogens (primary N) is 1. The number of aromatic nitrogens is 1. The standard InChI is InChI=1S/C12H18N4OS/c13-11(17)10(12-14-3-7-18-12)16-6-5-15-4-1-2-9(15)8-16/h3,7,9-10H,1-2,4-6,8H2,(H2,13,17)/t9-,10?/m1/s1. The van der Waals surface area contributed by atoms with Crippen LogP contribution in [0.3, 0.4) is 0 Å². The third-order valence-electron chi connectivity index (χ3n) is 3.94. The summed E-state index contributed by atoms with van der Waals surface area (Å²) in [5.41, 5.74) is 5.57. The summed E-state index contributed by atoms with van der Waals surface area (Å²) in [4.78, 5) is 20.7. The van der Waals surface area contributed by atoms with E-state index in [-0.39, 0.29) is 11.9 Å². The average molecular weight is 266 g/mol. The van der Waals surface area contributed by atoms with Crippen LogP contribution in [0.15, 0.2) is 11.6 Å². The summed E-state index contributed by atoms with van der Waals surface area (Å²) in [7, 11) is 0. The van der Waals surface area contributed by atoms with Gasteiger partial charge in [0.1, 0.15) is 11.0 Å². The van der Waals surface area contributed by atoms with E-state index in [1.165, 1.54) is 30.7 Å². The number of primary amides is 1. The van der Waals surface area contributed by atoms with Gasteiger partial charge in [0.25, 0.3) is 0 Å². The van der Waals surface area contributed by atoms with Crippen molar-refractivity contribution in [1.82, 2.24) is 14.8 Å². The lowest BCUT2D eigenvalue weighted by Gasteiger charge is -2.39. The lowest BCUT2D eigenvalue weighted by atomic mass is 10.1. The van der Waals surface area contributed by atoms with Crippen molar-refractivity contribution in [1.29, 1.82) is 0 Å². The molecule has 1 aromatic rings. The minimum atomic E-state index is -0.340. The number of piperazine rings is 1. The van der Waals surface area contributed by atoms with Crippen LogP contribution >= 0.6 is 11.3 Å². The van der Waals surface area contributed by atoms with Crippen LogP contribution < -0.4 is 5.73 Å². The largest absolute Gasteiger partial charge is 0.368 e. The minimum absolute atomic E-state index is 0.281. The van der Waals surface area contributed by atoms with E-state index in [1.54, 1.807) is 6.20 Å². The Labute approximate surface area is 111 Å². The average Bonchev–Trinajstić information content (AvgIpc) is 2.98. The van der Waals surface area contributed by atoms with Gasteiger partial charge in [0.2, 0.25) is 5.91 Å². The van der Waals surface area contributed by atoms with Gasteiger partial charge in [-0.05, 0) is 19.4 Å². The smallest absolute Gasteiger partial charge is 0.241 e. The monoisotopic (exact) mass is 266 g/mol. The number of thiazole rings is 1. The summed E-state index contributed by atoms with van der Waals surface area (Å²) in [6.07, 6.45) is 4.25. The van der Waals surface area contributed by atoms with Crippen LogP contribution in [0.5, 0.6) is 0 Å². The molecule has 0 saturated carbocycles. The number of nitrogens with zero attached hydrogens (tertiary/aromatic N) is 3. The van der Waals surface area contributed by atoms with E-state index in [4.69, 9.17) is 5.73 Å². The second kappa shape index (κ2) is 4.95. The fourth-order valence-electron chi connectivity index (χ4n) is 3.08. The predicted molar refractivity (Wildman–Crippen MR) is 70.2 cm³/mol. The maximum absolute atomic E-state index is 11.7. The molecule has 2 fully saturated rings. The van der Waals surface area contributed by atoms with E-state index in [0.717, 1.165) is 24.6 Å². The van der Waals surface area contributed by atoms with Gasteiger partial charge in [0, 0.05) is 37.3 Å². The number of amides is 1. The van der Waals surface area contributed by atoms with Gasteiger partial charge in [-0.25, -0.2) is 4.98 Å². The lowest BCUT2D eigenvalue weighted by Crippen LogP contribution is -2.53. The van der Waals surface area contributed by atoms with E-state index in [0.29, 0.717) is 6.04 Å². The molecule has 2 aliphatic rings. The first-order valence-corrected chi connectivity index (χ1v) is 7.30. The maximum atomic E-state index is 11.7. The molecule has 6 heteroatoms. The molecule has 0 aliphatic carbocycles. The van der Waals surface area contributed by atoms with Crippen molar-refractivity contribution in [2.75, 3.05) is 26.2 Å². The summed E-state index contributed by atoms with van der Waals surface area (Å²) in [5, 5.41) is 2.73. The third kappa shape index (κ3) is 2.15. The fourth-order valence-corrected chi connectivity index (χ4v) is 3.85. The number of hydrogen-bond acceptors (Lipinski definition) is 5. The molecule has 0 radical (unpaired) electrons. The SMILES string of the molecule is NC(=O)C(c1nccs1)N1CCN2CCC[C@@H]2C1. The van der Waals surface area contributed by atoms with Crippen LogP contribution in [0.4, 0.5) is 0 Å². The van der Waals surface area contributed by atoms with E-state index >= 15 is 0 Å². The molecule has 2 atom stereocenters. The number of fused-ring (bicyclic) bond motifs is 1. The lowest BCUT2D eigenvalue weighted by molar-refractivity contribution is -0.124. The molecular formula is C12H18N4OS. The molecule has 1 unspecified atom stereocenters. The van der Waals surface area contributed by atoms with Crippen LogP contribution in [-0.2, 0) is 4.79 Å². The number of hydrogen-bond donors (Lipinski definition) is 1. The Kier molecular flexibility index (Phi) is 3.32. The summed E-state index contributed by atoms with van der Waals surface area (Å²) in [6.45, 7) is 4.09. The Morgan fingerprint density at radius 1 is 1.50 bits per heavy atom. The van der Waals surface area contributed by atoms with Gasteiger partial charge in [-0.3, -0.25) is 14.6 Å². The van der Waals surface area contributed by atoms with Crippen molar-refractivity contribution >= 4 is 17.2 Å². The Bertz CT molecular complexity index is 422. The molecule has 18 heavy (non-hydrogen) atoms. The highest BCUT2D eigenvalue weighted by molar-refractivity contribution is 7.09. The van der Waals surface area contributed by atoms with Crippen LogP contribution in [0.1, 0.15) is 23.9 Å². The Hall–Kier alpha value is -0.980. The van der Waals surface area contributed by atoms with Gasteiger partial charge in [-0.2, -0.15) is 0 Å². The summed E-state index contributed by atoms with van der Waals surface area (Å²) >= 11 is 1.51. The van der Waals surface area contributed by atoms with Gasteiger partial charge in [-0.15, -0.1) is 11.3 Å². The molecule has 2 N–H and O–H groups in total. The highest BCUT2D eigenvalue weighted by Crippen LogP contribution is 2.28. The van der Waals surface area contributed by atoms with Crippen molar-refractivity contribution < 1.29 is 4.79 Å². The topological polar surface area (TPSA) is 62.5 Å². The Balaban J connectivity index is 1.77. The quantitative estimate of drug-likeness (QED) is 0.863. The maximum Gasteiger partial charge on any atom is 0.241 e. The zero-order valence-electron chi connectivity index (χ0n) is 10.3. The number of rotatable bonds is 3. The molecule has 2 saturated heterocycles. The molecule has 2 aliphatic heterocycles. The first-order valence-electron chi connectivity index (χ1n) is 6.42. The molecule has 0 aromatic carbocycles. The number of carbonyl (C=O) groups is 1. The zero-order valence-corrected chi connectivity index (χ0v) is 11.1. The second-order valence-electron chi connectivity index (χ2n) is 5.00. The molecule has 5 nitrogen and oxygen atoms in total. The van der Waals surface area contributed by atoms with Gasteiger partial charge in [0.05, 0.1) is 0 Å². The summed E-state index contributed by atoms with van der Waals surface area (Å²) in [5.74, 6) is -0.281. The van der Waals surface area contributed by atoms with E-state index in [2.05, 4.69) is 14.8 Å².